The Hall–Kier alpha value is -0.0500. The lowest BCUT2D eigenvalue weighted by Crippen LogP contribution is -1.95. The van der Waals surface area contributed by atoms with E-state index in [4.69, 9.17) is 16.3 Å². The number of ether oxygens (including phenoxy) is 1. The molecule has 72 valence electrons. The predicted octanol–water partition coefficient (Wildman–Crippen LogP) is 3.81. The van der Waals surface area contributed by atoms with Crippen LogP contribution in [0.4, 0.5) is 0 Å². The van der Waals surface area contributed by atoms with Crippen LogP contribution in [0.15, 0.2) is 24.3 Å². The first kappa shape index (κ1) is 11.0. The first-order chi connectivity index (χ1) is 6.24. The largest absolute Gasteiger partial charge is 0.385 e. The van der Waals surface area contributed by atoms with Crippen LogP contribution in [0.1, 0.15) is 16.8 Å². The molecule has 1 unspecified atom stereocenters. The van der Waals surface area contributed by atoms with Crippen molar-refractivity contribution in [1.82, 2.24) is 0 Å². The lowest BCUT2D eigenvalue weighted by Gasteiger charge is -2.08. The van der Waals surface area contributed by atoms with Crippen molar-refractivity contribution in [3.63, 3.8) is 0 Å². The summed E-state index contributed by atoms with van der Waals surface area (Å²) in [6.45, 7) is 0.762. The maximum absolute atomic E-state index is 5.78. The highest BCUT2D eigenvalue weighted by Crippen LogP contribution is 2.27. The molecule has 0 spiro atoms. The second-order valence-corrected chi connectivity index (χ2v) is 4.34. The maximum atomic E-state index is 5.78. The molecule has 0 aliphatic rings. The van der Waals surface area contributed by atoms with Crippen LogP contribution in [0.2, 0.25) is 5.02 Å². The van der Waals surface area contributed by atoms with Gasteiger partial charge < -0.3 is 4.74 Å². The third-order valence-corrected chi connectivity index (χ3v) is 3.05. The summed E-state index contributed by atoms with van der Waals surface area (Å²) < 4.78 is 5.00. The minimum atomic E-state index is 0.352. The van der Waals surface area contributed by atoms with Gasteiger partial charge in [-0.05, 0) is 24.1 Å². The Kier molecular flexibility index (Phi) is 4.78. The molecule has 0 fully saturated rings. The van der Waals surface area contributed by atoms with E-state index in [1.807, 2.05) is 24.3 Å². The maximum Gasteiger partial charge on any atom is 0.0476 e. The van der Waals surface area contributed by atoms with E-state index in [9.17, 15) is 0 Å². The van der Waals surface area contributed by atoms with Crippen LogP contribution >= 0.6 is 27.5 Å². The van der Waals surface area contributed by atoms with Crippen molar-refractivity contribution in [1.29, 1.82) is 0 Å². The fourth-order valence-corrected chi connectivity index (χ4v) is 1.68. The molecule has 0 bridgehead atoms. The molecule has 0 aromatic heterocycles. The zero-order valence-electron chi connectivity index (χ0n) is 7.47. The number of rotatable bonds is 4. The Morgan fingerprint density at radius 3 is 2.54 bits per heavy atom. The van der Waals surface area contributed by atoms with E-state index in [2.05, 4.69) is 15.9 Å². The number of methoxy groups -OCH3 is 1. The standard InChI is InChI=1S/C10H12BrClO/c1-13-7-6-10(11)8-2-4-9(12)5-3-8/h2-5,10H,6-7H2,1H3. The molecule has 0 amide bonds. The van der Waals surface area contributed by atoms with Gasteiger partial charge in [-0.3, -0.25) is 0 Å². The summed E-state index contributed by atoms with van der Waals surface area (Å²) in [6, 6.07) is 7.85. The van der Waals surface area contributed by atoms with E-state index < -0.39 is 0 Å². The zero-order valence-corrected chi connectivity index (χ0v) is 9.81. The molecule has 1 rings (SSSR count). The summed E-state index contributed by atoms with van der Waals surface area (Å²) in [5.74, 6) is 0. The first-order valence-corrected chi connectivity index (χ1v) is 5.42. The van der Waals surface area contributed by atoms with Gasteiger partial charge in [0.1, 0.15) is 0 Å². The number of alkyl halides is 1. The van der Waals surface area contributed by atoms with E-state index in [-0.39, 0.29) is 0 Å². The number of hydrogen-bond donors (Lipinski definition) is 0. The molecule has 0 heterocycles. The van der Waals surface area contributed by atoms with Gasteiger partial charge in [0.05, 0.1) is 0 Å². The zero-order chi connectivity index (χ0) is 9.68. The highest BCUT2D eigenvalue weighted by atomic mass is 79.9. The SMILES string of the molecule is COCCC(Br)c1ccc(Cl)cc1. The van der Waals surface area contributed by atoms with Crippen molar-refractivity contribution >= 4 is 27.5 Å². The van der Waals surface area contributed by atoms with Crippen molar-refractivity contribution in [3.05, 3.63) is 34.9 Å². The molecule has 13 heavy (non-hydrogen) atoms. The van der Waals surface area contributed by atoms with Crippen LogP contribution < -0.4 is 0 Å². The average Bonchev–Trinajstić information content (AvgIpc) is 2.15. The fraction of sp³-hybridized carbons (Fsp3) is 0.400. The smallest absolute Gasteiger partial charge is 0.0476 e. The Labute approximate surface area is 92.2 Å². The van der Waals surface area contributed by atoms with Gasteiger partial charge in [0, 0.05) is 23.6 Å². The van der Waals surface area contributed by atoms with Gasteiger partial charge in [-0.1, -0.05) is 39.7 Å². The van der Waals surface area contributed by atoms with Crippen LogP contribution in [-0.2, 0) is 4.74 Å². The molecule has 0 radical (unpaired) electrons. The lowest BCUT2D eigenvalue weighted by atomic mass is 10.1. The van der Waals surface area contributed by atoms with Crippen LogP contribution in [0, 0.1) is 0 Å². The Morgan fingerprint density at radius 2 is 2.00 bits per heavy atom. The van der Waals surface area contributed by atoms with Crippen LogP contribution in [0.3, 0.4) is 0 Å². The van der Waals surface area contributed by atoms with Gasteiger partial charge >= 0.3 is 0 Å². The molecule has 0 saturated carbocycles. The monoisotopic (exact) mass is 262 g/mol. The summed E-state index contributed by atoms with van der Waals surface area (Å²) in [4.78, 5) is 0.352. The fourth-order valence-electron chi connectivity index (χ4n) is 1.06. The van der Waals surface area contributed by atoms with Crippen LogP contribution in [0.25, 0.3) is 0 Å². The van der Waals surface area contributed by atoms with Gasteiger partial charge in [-0.2, -0.15) is 0 Å². The van der Waals surface area contributed by atoms with Crippen molar-refractivity contribution in [3.8, 4) is 0 Å². The molecule has 1 aromatic rings. The number of benzene rings is 1. The van der Waals surface area contributed by atoms with E-state index in [0.717, 1.165) is 18.1 Å². The Morgan fingerprint density at radius 1 is 1.38 bits per heavy atom. The summed E-state index contributed by atoms with van der Waals surface area (Å²) in [5.41, 5.74) is 1.24. The van der Waals surface area contributed by atoms with E-state index in [0.29, 0.717) is 4.83 Å². The Bertz CT molecular complexity index is 248. The molecule has 1 aromatic carbocycles. The molecule has 1 nitrogen and oxygen atoms in total. The molecule has 0 N–H and O–H groups in total. The predicted molar refractivity (Wildman–Crippen MR) is 59.6 cm³/mol. The van der Waals surface area contributed by atoms with Crippen molar-refractivity contribution < 1.29 is 4.74 Å². The summed E-state index contributed by atoms with van der Waals surface area (Å²) in [7, 11) is 1.71. The summed E-state index contributed by atoms with van der Waals surface area (Å²) in [5, 5.41) is 0.773. The van der Waals surface area contributed by atoms with E-state index in [1.165, 1.54) is 5.56 Å². The van der Waals surface area contributed by atoms with E-state index >= 15 is 0 Å². The minimum absolute atomic E-state index is 0.352. The first-order valence-electron chi connectivity index (χ1n) is 4.12. The van der Waals surface area contributed by atoms with Gasteiger partial charge in [-0.15, -0.1) is 0 Å². The molecule has 0 saturated heterocycles. The third kappa shape index (κ3) is 3.67. The van der Waals surface area contributed by atoms with Gasteiger partial charge in [0.2, 0.25) is 0 Å². The molecular weight excluding hydrogens is 251 g/mol. The van der Waals surface area contributed by atoms with Crippen LogP contribution in [0.5, 0.6) is 0 Å². The lowest BCUT2D eigenvalue weighted by molar-refractivity contribution is 0.195. The quantitative estimate of drug-likeness (QED) is 0.751. The second-order valence-electron chi connectivity index (χ2n) is 2.80. The van der Waals surface area contributed by atoms with Crippen molar-refractivity contribution in [2.75, 3.05) is 13.7 Å². The average molecular weight is 264 g/mol. The molecule has 0 aliphatic heterocycles. The normalized spacial score (nSPS) is 12.8. The summed E-state index contributed by atoms with van der Waals surface area (Å²) in [6.07, 6.45) is 0.970. The van der Waals surface area contributed by atoms with Crippen molar-refractivity contribution in [2.24, 2.45) is 0 Å². The molecule has 3 heteroatoms. The second kappa shape index (κ2) is 5.63. The van der Waals surface area contributed by atoms with E-state index in [1.54, 1.807) is 7.11 Å². The van der Waals surface area contributed by atoms with Crippen molar-refractivity contribution in [2.45, 2.75) is 11.2 Å². The van der Waals surface area contributed by atoms with Gasteiger partial charge in [0.15, 0.2) is 0 Å². The molecular formula is C10H12BrClO. The van der Waals surface area contributed by atoms with Gasteiger partial charge in [-0.25, -0.2) is 0 Å². The minimum Gasteiger partial charge on any atom is -0.385 e. The molecule has 1 atom stereocenters. The summed E-state index contributed by atoms with van der Waals surface area (Å²) >= 11 is 9.37. The number of hydrogen-bond acceptors (Lipinski definition) is 1. The number of halogens is 2. The van der Waals surface area contributed by atoms with Crippen LogP contribution in [-0.4, -0.2) is 13.7 Å². The highest BCUT2D eigenvalue weighted by Gasteiger charge is 2.05. The topological polar surface area (TPSA) is 9.23 Å². The third-order valence-electron chi connectivity index (χ3n) is 1.81. The Balaban J connectivity index is 2.55. The highest BCUT2D eigenvalue weighted by molar-refractivity contribution is 9.09. The van der Waals surface area contributed by atoms with Gasteiger partial charge in [0.25, 0.3) is 0 Å². The molecule has 0 aliphatic carbocycles.